The van der Waals surface area contributed by atoms with Gasteiger partial charge in [0.05, 0.1) is 22.4 Å². The zero-order valence-electron chi connectivity index (χ0n) is 21.8. The van der Waals surface area contributed by atoms with Crippen molar-refractivity contribution in [1.29, 1.82) is 5.26 Å². The van der Waals surface area contributed by atoms with Crippen molar-refractivity contribution in [2.75, 3.05) is 6.26 Å². The summed E-state index contributed by atoms with van der Waals surface area (Å²) in [6.45, 7) is 5.64. The van der Waals surface area contributed by atoms with Crippen molar-refractivity contribution in [3.05, 3.63) is 95.7 Å². The van der Waals surface area contributed by atoms with Gasteiger partial charge in [0.1, 0.15) is 0 Å². The van der Waals surface area contributed by atoms with Crippen LogP contribution in [-0.4, -0.2) is 31.6 Å². The summed E-state index contributed by atoms with van der Waals surface area (Å²) >= 11 is 0. The van der Waals surface area contributed by atoms with E-state index in [-0.39, 0.29) is 22.8 Å². The summed E-state index contributed by atoms with van der Waals surface area (Å²) in [7, 11) is -3.36. The molecule has 7 heteroatoms. The number of fused-ring (bicyclic) bond motifs is 1. The van der Waals surface area contributed by atoms with Crippen molar-refractivity contribution in [2.24, 2.45) is 0 Å². The van der Waals surface area contributed by atoms with E-state index < -0.39 is 9.84 Å². The van der Waals surface area contributed by atoms with Crippen LogP contribution < -0.4 is 5.32 Å². The summed E-state index contributed by atoms with van der Waals surface area (Å²) < 4.78 is 23.8. The molecule has 1 heterocycles. The Morgan fingerprint density at radius 3 is 2.39 bits per heavy atom. The Labute approximate surface area is 223 Å². The van der Waals surface area contributed by atoms with Gasteiger partial charge >= 0.3 is 0 Å². The van der Waals surface area contributed by atoms with Gasteiger partial charge in [0.25, 0.3) is 5.91 Å². The Morgan fingerprint density at radius 2 is 1.74 bits per heavy atom. The van der Waals surface area contributed by atoms with E-state index in [9.17, 15) is 18.5 Å². The summed E-state index contributed by atoms with van der Waals surface area (Å²) in [4.78, 5) is 18.0. The second kappa shape index (κ2) is 11.0. The summed E-state index contributed by atoms with van der Waals surface area (Å²) in [6, 6.07) is 24.2. The van der Waals surface area contributed by atoms with E-state index in [1.165, 1.54) is 12.1 Å². The number of amides is 1. The number of rotatable bonds is 7. The number of carbonyl (C=O) groups excluding carboxylic acids is 1. The molecule has 1 atom stereocenters. The highest BCUT2D eigenvalue weighted by molar-refractivity contribution is 7.90. The summed E-state index contributed by atoms with van der Waals surface area (Å²) in [6.07, 6.45) is 4.70. The largest absolute Gasteiger partial charge is 0.350 e. The number of pyridine rings is 1. The molecular formula is C31H29N3O3S. The van der Waals surface area contributed by atoms with E-state index in [1.807, 2.05) is 69.3 Å². The Morgan fingerprint density at radius 1 is 1.00 bits per heavy atom. The first kappa shape index (κ1) is 26.8. The molecule has 6 nitrogen and oxygen atoms in total. The topological polar surface area (TPSA) is 99.9 Å². The van der Waals surface area contributed by atoms with E-state index in [0.29, 0.717) is 11.1 Å². The molecule has 0 aliphatic carbocycles. The molecule has 1 unspecified atom stereocenters. The molecule has 1 aromatic heterocycles. The molecule has 0 bridgehead atoms. The molecule has 0 saturated heterocycles. The van der Waals surface area contributed by atoms with Crippen molar-refractivity contribution in [3.8, 4) is 17.2 Å². The summed E-state index contributed by atoms with van der Waals surface area (Å²) in [5.74, 6) is -0.530. The SMILES string of the molecule is CC(C)NC(=O)C(=Cc1cccc(-c2cc(C(C)C#N)cc3cccnc23)c1)c1ccc(S(C)(=O)=O)cc1. The van der Waals surface area contributed by atoms with Crippen LogP contribution in [0.4, 0.5) is 0 Å². The van der Waals surface area contributed by atoms with Crippen LogP contribution in [0.25, 0.3) is 33.7 Å². The Balaban J connectivity index is 1.85. The molecule has 38 heavy (non-hydrogen) atoms. The number of aromatic nitrogens is 1. The van der Waals surface area contributed by atoms with Crippen molar-refractivity contribution >= 4 is 38.3 Å². The number of benzene rings is 3. The first-order valence-corrected chi connectivity index (χ1v) is 14.2. The lowest BCUT2D eigenvalue weighted by Crippen LogP contribution is -2.30. The highest BCUT2D eigenvalue weighted by Crippen LogP contribution is 2.32. The lowest BCUT2D eigenvalue weighted by Gasteiger charge is -2.14. The van der Waals surface area contributed by atoms with Crippen molar-refractivity contribution in [2.45, 2.75) is 37.6 Å². The van der Waals surface area contributed by atoms with Gasteiger partial charge in [0.15, 0.2) is 9.84 Å². The normalized spacial score (nSPS) is 12.8. The lowest BCUT2D eigenvalue weighted by molar-refractivity contribution is -0.116. The van der Waals surface area contributed by atoms with E-state index in [0.717, 1.165) is 39.4 Å². The zero-order chi connectivity index (χ0) is 27.4. The van der Waals surface area contributed by atoms with Crippen molar-refractivity contribution < 1.29 is 13.2 Å². The van der Waals surface area contributed by atoms with Gasteiger partial charge in [0, 0.05) is 35.0 Å². The number of nitrogens with one attached hydrogen (secondary N) is 1. The van der Waals surface area contributed by atoms with E-state index in [4.69, 9.17) is 0 Å². The fourth-order valence-electron chi connectivity index (χ4n) is 4.22. The smallest absolute Gasteiger partial charge is 0.252 e. The van der Waals surface area contributed by atoms with Gasteiger partial charge in [-0.25, -0.2) is 8.42 Å². The second-order valence-electron chi connectivity index (χ2n) is 9.60. The third-order valence-corrected chi connectivity index (χ3v) is 7.32. The summed E-state index contributed by atoms with van der Waals surface area (Å²) in [5, 5.41) is 13.4. The number of nitriles is 1. The Hall–Kier alpha value is -4.28. The summed E-state index contributed by atoms with van der Waals surface area (Å²) in [5.41, 5.74) is 5.38. The predicted octanol–water partition coefficient (Wildman–Crippen LogP) is 6.00. The molecular weight excluding hydrogens is 494 g/mol. The first-order valence-electron chi connectivity index (χ1n) is 12.3. The van der Waals surface area contributed by atoms with Gasteiger partial charge in [-0.1, -0.05) is 36.4 Å². The maximum atomic E-state index is 13.2. The van der Waals surface area contributed by atoms with E-state index >= 15 is 0 Å². The van der Waals surface area contributed by atoms with Gasteiger partial charge < -0.3 is 5.32 Å². The molecule has 0 spiro atoms. The van der Waals surface area contributed by atoms with Crippen LogP contribution in [0, 0.1) is 11.3 Å². The quantitative estimate of drug-likeness (QED) is 0.237. The molecule has 3 aromatic carbocycles. The van der Waals surface area contributed by atoms with Crippen LogP contribution in [-0.2, 0) is 14.6 Å². The molecule has 0 saturated carbocycles. The van der Waals surface area contributed by atoms with Crippen LogP contribution in [0.15, 0.2) is 83.9 Å². The van der Waals surface area contributed by atoms with Crippen LogP contribution in [0.3, 0.4) is 0 Å². The lowest BCUT2D eigenvalue weighted by atomic mass is 9.93. The molecule has 0 aliphatic heterocycles. The van der Waals surface area contributed by atoms with E-state index in [2.05, 4.69) is 16.4 Å². The number of hydrogen-bond acceptors (Lipinski definition) is 5. The molecule has 4 aromatic rings. The first-order chi connectivity index (χ1) is 18.1. The van der Waals surface area contributed by atoms with Crippen LogP contribution >= 0.6 is 0 Å². The van der Waals surface area contributed by atoms with Crippen LogP contribution in [0.2, 0.25) is 0 Å². The average molecular weight is 524 g/mol. The standard InChI is InChI=1S/C31H29N3O3S/c1-20(2)34-31(35)29(23-10-12-27(13-11-23)38(4,36)37)16-22-7-5-8-24(15-22)28-18-26(21(3)19-32)17-25-9-6-14-33-30(25)28/h5-18,20-21H,1-4H3,(H,34,35). The van der Waals surface area contributed by atoms with Gasteiger partial charge in [-0.2, -0.15) is 5.26 Å². The molecule has 192 valence electrons. The maximum Gasteiger partial charge on any atom is 0.252 e. The van der Waals surface area contributed by atoms with Crippen molar-refractivity contribution in [3.63, 3.8) is 0 Å². The van der Waals surface area contributed by atoms with Crippen LogP contribution in [0.1, 0.15) is 43.4 Å². The van der Waals surface area contributed by atoms with Gasteiger partial charge in [-0.15, -0.1) is 0 Å². The van der Waals surface area contributed by atoms with E-state index in [1.54, 1.807) is 24.4 Å². The average Bonchev–Trinajstić information content (AvgIpc) is 2.90. The third-order valence-electron chi connectivity index (χ3n) is 6.19. The van der Waals surface area contributed by atoms with Crippen LogP contribution in [0.5, 0.6) is 0 Å². The minimum absolute atomic E-state index is 0.0742. The zero-order valence-corrected chi connectivity index (χ0v) is 22.6. The highest BCUT2D eigenvalue weighted by atomic mass is 32.2. The monoisotopic (exact) mass is 523 g/mol. The minimum atomic E-state index is -3.36. The van der Waals surface area contributed by atoms with Crippen molar-refractivity contribution in [1.82, 2.24) is 10.3 Å². The van der Waals surface area contributed by atoms with Gasteiger partial charge in [-0.3, -0.25) is 9.78 Å². The predicted molar refractivity (Wildman–Crippen MR) is 152 cm³/mol. The van der Waals surface area contributed by atoms with Gasteiger partial charge in [-0.05, 0) is 85.5 Å². The molecule has 0 radical (unpaired) electrons. The fourth-order valence-corrected chi connectivity index (χ4v) is 4.85. The number of hydrogen-bond donors (Lipinski definition) is 1. The molecule has 0 aliphatic rings. The number of nitrogens with zero attached hydrogens (tertiary/aromatic N) is 2. The maximum absolute atomic E-state index is 13.2. The third kappa shape index (κ3) is 5.99. The number of sulfone groups is 1. The highest BCUT2D eigenvalue weighted by Gasteiger charge is 2.16. The minimum Gasteiger partial charge on any atom is -0.350 e. The fraction of sp³-hybridized carbons (Fsp3) is 0.194. The Bertz CT molecular complexity index is 1680. The Kier molecular flexibility index (Phi) is 7.75. The van der Waals surface area contributed by atoms with Gasteiger partial charge in [0.2, 0.25) is 0 Å². The molecule has 1 amide bonds. The second-order valence-corrected chi connectivity index (χ2v) is 11.6. The molecule has 4 rings (SSSR count). The number of carbonyl (C=O) groups is 1. The molecule has 0 fully saturated rings. The molecule has 1 N–H and O–H groups in total.